The van der Waals surface area contributed by atoms with Crippen LogP contribution in [0.15, 0.2) is 53.8 Å². The number of nitrogens with one attached hydrogen (secondary N) is 5. The molecule has 0 bridgehead atoms. The van der Waals surface area contributed by atoms with Gasteiger partial charge in [-0.3, -0.25) is 19.1 Å². The molecule has 2 heterocycles. The molecular formula is C30H38N8O7S. The molecule has 16 heteroatoms. The van der Waals surface area contributed by atoms with Gasteiger partial charge in [0, 0.05) is 56.4 Å². The Morgan fingerprint density at radius 1 is 1.11 bits per heavy atom. The highest BCUT2D eigenvalue weighted by Crippen LogP contribution is 2.26. The van der Waals surface area contributed by atoms with E-state index in [2.05, 4.69) is 35.7 Å². The van der Waals surface area contributed by atoms with E-state index in [0.717, 1.165) is 17.3 Å². The Balaban J connectivity index is 1.34. The fraction of sp³-hybridized carbons (Fsp3) is 0.367. The second-order valence-corrected chi connectivity index (χ2v) is 12.2. The number of carbonyl (C=O) groups is 3. The molecule has 2 aromatic heterocycles. The molecule has 0 aliphatic heterocycles. The minimum atomic E-state index is -4.29. The van der Waals surface area contributed by atoms with Gasteiger partial charge >= 0.3 is 5.97 Å². The lowest BCUT2D eigenvalue weighted by molar-refractivity contribution is -0.138. The van der Waals surface area contributed by atoms with Crippen molar-refractivity contribution in [2.75, 3.05) is 32.1 Å². The van der Waals surface area contributed by atoms with Crippen LogP contribution in [0.2, 0.25) is 0 Å². The molecule has 0 spiro atoms. The molecule has 0 saturated heterocycles. The highest BCUT2D eigenvalue weighted by molar-refractivity contribution is 7.89. The Bertz CT molecular complexity index is 1760. The first kappa shape index (κ1) is 33.9. The molecule has 0 fully saturated rings. The van der Waals surface area contributed by atoms with Crippen molar-refractivity contribution in [2.24, 2.45) is 0 Å². The summed E-state index contributed by atoms with van der Waals surface area (Å²) in [4.78, 5) is 43.3. The third kappa shape index (κ3) is 8.82. The van der Waals surface area contributed by atoms with Crippen molar-refractivity contribution in [1.29, 1.82) is 0 Å². The fourth-order valence-corrected chi connectivity index (χ4v) is 6.53. The number of amides is 2. The second kappa shape index (κ2) is 15.4. The molecule has 0 aliphatic carbocycles. The van der Waals surface area contributed by atoms with Gasteiger partial charge in [-0.1, -0.05) is 0 Å². The summed E-state index contributed by atoms with van der Waals surface area (Å²) in [6.07, 6.45) is 6.60. The molecule has 15 nitrogen and oxygen atoms in total. The van der Waals surface area contributed by atoms with Gasteiger partial charge in [0.1, 0.15) is 11.8 Å². The number of carbonyl (C=O) groups excluding carboxylic acids is 2. The SMILES string of the molecule is CNC(=O)CCCOc1cc(C)c(S(=O)(=O)N[C@@H](CNC(=O)c2ccc3c(cnn3CCCNc3ncc[nH]3)c2)C(=O)O)c(C)c1. The Morgan fingerprint density at radius 2 is 1.87 bits per heavy atom. The average Bonchev–Trinajstić information content (AvgIpc) is 3.68. The van der Waals surface area contributed by atoms with Crippen molar-refractivity contribution in [2.45, 2.75) is 50.6 Å². The summed E-state index contributed by atoms with van der Waals surface area (Å²) >= 11 is 0. The van der Waals surface area contributed by atoms with E-state index in [-0.39, 0.29) is 23.0 Å². The number of carboxylic acids is 1. The number of hydrogen-bond acceptors (Lipinski definition) is 9. The lowest BCUT2D eigenvalue weighted by atomic mass is 10.1. The number of imidazole rings is 1. The van der Waals surface area contributed by atoms with Crippen LogP contribution in [-0.2, 0) is 26.2 Å². The molecule has 2 amide bonds. The Labute approximate surface area is 266 Å². The van der Waals surface area contributed by atoms with Crippen LogP contribution >= 0.6 is 0 Å². The van der Waals surface area contributed by atoms with Gasteiger partial charge in [-0.25, -0.2) is 13.4 Å². The van der Waals surface area contributed by atoms with E-state index in [1.54, 1.807) is 57.7 Å². The number of nitrogens with zero attached hydrogens (tertiary/aromatic N) is 3. The maximum absolute atomic E-state index is 13.3. The van der Waals surface area contributed by atoms with Crippen LogP contribution in [0.1, 0.15) is 40.7 Å². The summed E-state index contributed by atoms with van der Waals surface area (Å²) in [5.74, 6) is -1.00. The number of carboxylic acid groups (broad SMARTS) is 1. The van der Waals surface area contributed by atoms with Crippen LogP contribution in [0.25, 0.3) is 10.9 Å². The zero-order valence-corrected chi connectivity index (χ0v) is 26.6. The number of aryl methyl sites for hydroxylation is 3. The number of aromatic nitrogens is 4. The fourth-order valence-electron chi connectivity index (χ4n) is 4.89. The summed E-state index contributed by atoms with van der Waals surface area (Å²) in [5.41, 5.74) is 1.81. The predicted molar refractivity (Wildman–Crippen MR) is 170 cm³/mol. The molecule has 246 valence electrons. The van der Waals surface area contributed by atoms with Gasteiger partial charge < -0.3 is 30.8 Å². The van der Waals surface area contributed by atoms with Gasteiger partial charge in [-0.05, 0) is 68.1 Å². The minimum Gasteiger partial charge on any atom is -0.494 e. The Hall–Kier alpha value is -4.96. The van der Waals surface area contributed by atoms with E-state index >= 15 is 0 Å². The highest BCUT2D eigenvalue weighted by atomic mass is 32.2. The largest absolute Gasteiger partial charge is 0.494 e. The summed E-state index contributed by atoms with van der Waals surface area (Å²) in [6.45, 7) is 4.25. The molecule has 0 aliphatic rings. The first-order chi connectivity index (χ1) is 22.0. The number of hydrogen-bond donors (Lipinski definition) is 6. The number of sulfonamides is 1. The first-order valence-electron chi connectivity index (χ1n) is 14.6. The molecule has 4 rings (SSSR count). The molecule has 1 atom stereocenters. The lowest BCUT2D eigenvalue weighted by Crippen LogP contribution is -2.48. The van der Waals surface area contributed by atoms with E-state index in [9.17, 15) is 27.9 Å². The molecule has 0 unspecified atom stereocenters. The number of ether oxygens (including phenoxy) is 1. The number of H-pyrrole nitrogens is 1. The Morgan fingerprint density at radius 3 is 2.54 bits per heavy atom. The maximum Gasteiger partial charge on any atom is 0.323 e. The predicted octanol–water partition coefficient (Wildman–Crippen LogP) is 1.94. The van der Waals surface area contributed by atoms with Crippen LogP contribution in [0.3, 0.4) is 0 Å². The van der Waals surface area contributed by atoms with Crippen molar-refractivity contribution in [3.8, 4) is 5.75 Å². The monoisotopic (exact) mass is 654 g/mol. The molecule has 46 heavy (non-hydrogen) atoms. The number of fused-ring (bicyclic) bond motifs is 1. The molecule has 0 saturated carbocycles. The molecular weight excluding hydrogens is 616 g/mol. The summed E-state index contributed by atoms with van der Waals surface area (Å²) in [6, 6.07) is 6.45. The maximum atomic E-state index is 13.3. The van der Waals surface area contributed by atoms with Gasteiger partial charge in [-0.15, -0.1) is 0 Å². The topological polar surface area (TPSA) is 209 Å². The third-order valence-corrected chi connectivity index (χ3v) is 8.88. The normalized spacial score (nSPS) is 12.1. The number of aromatic amines is 1. The van der Waals surface area contributed by atoms with Crippen LogP contribution in [-0.4, -0.2) is 83.8 Å². The van der Waals surface area contributed by atoms with E-state index in [0.29, 0.717) is 48.8 Å². The van der Waals surface area contributed by atoms with Crippen LogP contribution < -0.4 is 25.4 Å². The third-order valence-electron chi connectivity index (χ3n) is 7.10. The summed E-state index contributed by atoms with van der Waals surface area (Å²) in [5, 5.41) is 23.1. The molecule has 2 aromatic carbocycles. The van der Waals surface area contributed by atoms with Crippen molar-refractivity contribution >= 4 is 44.7 Å². The van der Waals surface area contributed by atoms with E-state index in [4.69, 9.17) is 4.74 Å². The van der Waals surface area contributed by atoms with Gasteiger partial charge in [0.2, 0.25) is 15.9 Å². The zero-order chi connectivity index (χ0) is 33.3. The standard InChI is InChI=1S/C30H38N8O7S/c1-19-14-23(45-13-4-6-26(39)31-3)15-20(2)27(19)46(43,44)37-24(29(41)42)18-35-28(40)21-7-8-25-22(16-21)17-36-38(25)12-5-9-32-30-33-10-11-34-30/h7-8,10-11,14-17,24,37H,4-6,9,12-13,18H2,1-3H3,(H,31,39)(H,35,40)(H,41,42)(H2,32,33,34)/t24-/m0/s1. The van der Waals surface area contributed by atoms with Crippen LogP contribution in [0.5, 0.6) is 5.75 Å². The van der Waals surface area contributed by atoms with Crippen molar-refractivity contribution in [3.63, 3.8) is 0 Å². The van der Waals surface area contributed by atoms with E-state index in [1.807, 2.05) is 4.68 Å². The average molecular weight is 655 g/mol. The van der Waals surface area contributed by atoms with E-state index < -0.39 is 34.5 Å². The molecule has 0 radical (unpaired) electrons. The van der Waals surface area contributed by atoms with Gasteiger partial charge in [0.05, 0.1) is 23.2 Å². The Kier molecular flexibility index (Phi) is 11.3. The second-order valence-electron chi connectivity index (χ2n) is 10.6. The van der Waals surface area contributed by atoms with Gasteiger partial charge in [0.15, 0.2) is 5.95 Å². The summed E-state index contributed by atoms with van der Waals surface area (Å²) < 4.78 is 36.3. The number of rotatable bonds is 17. The van der Waals surface area contributed by atoms with Crippen LogP contribution in [0.4, 0.5) is 5.95 Å². The first-order valence-corrected chi connectivity index (χ1v) is 16.1. The number of benzene rings is 2. The van der Waals surface area contributed by atoms with Gasteiger partial charge in [0.25, 0.3) is 5.91 Å². The zero-order valence-electron chi connectivity index (χ0n) is 25.8. The van der Waals surface area contributed by atoms with Crippen LogP contribution in [0, 0.1) is 13.8 Å². The van der Waals surface area contributed by atoms with Crippen molar-refractivity contribution < 1.29 is 32.6 Å². The van der Waals surface area contributed by atoms with Crippen molar-refractivity contribution in [3.05, 3.63) is 65.6 Å². The van der Waals surface area contributed by atoms with E-state index in [1.165, 1.54) is 12.1 Å². The lowest BCUT2D eigenvalue weighted by Gasteiger charge is -2.19. The van der Waals surface area contributed by atoms with Gasteiger partial charge in [-0.2, -0.15) is 9.82 Å². The molecule has 4 aromatic rings. The smallest absolute Gasteiger partial charge is 0.323 e. The summed E-state index contributed by atoms with van der Waals surface area (Å²) in [7, 11) is -2.74. The molecule has 6 N–H and O–H groups in total. The quantitative estimate of drug-likeness (QED) is 0.0912. The minimum absolute atomic E-state index is 0.0815. The highest BCUT2D eigenvalue weighted by Gasteiger charge is 2.29. The number of aliphatic carboxylic acids is 1. The van der Waals surface area contributed by atoms with Crippen molar-refractivity contribution in [1.82, 2.24) is 35.1 Å². The number of anilines is 1.